The monoisotopic (exact) mass is 325 g/mol. The van der Waals surface area contributed by atoms with E-state index in [1.807, 2.05) is 0 Å². The maximum atomic E-state index is 12.5. The van der Waals surface area contributed by atoms with Gasteiger partial charge in [-0.3, -0.25) is 4.79 Å². The fourth-order valence-electron chi connectivity index (χ4n) is 2.32. The Morgan fingerprint density at radius 2 is 2.05 bits per heavy atom. The second kappa shape index (κ2) is 6.35. The van der Waals surface area contributed by atoms with Crippen LogP contribution in [-0.4, -0.2) is 36.0 Å². The predicted molar refractivity (Wildman–Crippen MR) is 73.6 cm³/mol. The summed E-state index contributed by atoms with van der Waals surface area (Å²) in [7, 11) is 0. The van der Waals surface area contributed by atoms with E-state index in [4.69, 9.17) is 11.6 Å². The van der Waals surface area contributed by atoms with Gasteiger partial charge in [0.1, 0.15) is 6.54 Å². The predicted octanol–water partition coefficient (Wildman–Crippen LogP) is 3.87. The summed E-state index contributed by atoms with van der Waals surface area (Å²) in [6.45, 7) is -1.34. The van der Waals surface area contributed by atoms with E-state index >= 15 is 0 Å². The van der Waals surface area contributed by atoms with E-state index in [9.17, 15) is 18.0 Å². The van der Waals surface area contributed by atoms with Crippen molar-refractivity contribution in [3.05, 3.63) is 21.4 Å². The van der Waals surface area contributed by atoms with Crippen molar-refractivity contribution in [1.82, 2.24) is 4.90 Å². The average Bonchev–Trinajstić information content (AvgIpc) is 2.79. The van der Waals surface area contributed by atoms with Crippen LogP contribution in [0.3, 0.4) is 0 Å². The van der Waals surface area contributed by atoms with Gasteiger partial charge in [-0.15, -0.1) is 22.9 Å². The number of hydrogen-bond acceptors (Lipinski definition) is 2. The molecule has 0 radical (unpaired) electrons. The van der Waals surface area contributed by atoms with Gasteiger partial charge in [0.2, 0.25) is 0 Å². The van der Waals surface area contributed by atoms with Crippen LogP contribution in [0.5, 0.6) is 0 Å². The number of thiophene rings is 1. The minimum Gasteiger partial charge on any atom is -0.328 e. The zero-order valence-electron chi connectivity index (χ0n) is 10.8. The van der Waals surface area contributed by atoms with Crippen LogP contribution >= 0.6 is 22.9 Å². The number of rotatable bonds is 4. The topological polar surface area (TPSA) is 20.3 Å². The Bertz CT molecular complexity index is 463. The molecule has 0 fully saturated rings. The normalized spacial score (nSPS) is 15.0. The number of halogens is 4. The second-order valence-corrected chi connectivity index (χ2v) is 6.31. The molecule has 1 aromatic rings. The van der Waals surface area contributed by atoms with Crippen LogP contribution in [0.2, 0.25) is 0 Å². The number of carbonyl (C=O) groups is 1. The fourth-order valence-corrected chi connectivity index (χ4v) is 3.75. The highest BCUT2D eigenvalue weighted by molar-refractivity contribution is 7.14. The summed E-state index contributed by atoms with van der Waals surface area (Å²) in [5.74, 6) is -0.574. The Morgan fingerprint density at radius 1 is 1.35 bits per heavy atom. The summed E-state index contributed by atoms with van der Waals surface area (Å²) in [5.41, 5.74) is 1.11. The average molecular weight is 326 g/mol. The van der Waals surface area contributed by atoms with Crippen molar-refractivity contribution in [1.29, 1.82) is 0 Å². The molecule has 1 heterocycles. The first-order valence-electron chi connectivity index (χ1n) is 6.44. The van der Waals surface area contributed by atoms with Crippen LogP contribution in [0.4, 0.5) is 13.2 Å². The van der Waals surface area contributed by atoms with Crippen LogP contribution in [0.1, 0.15) is 33.0 Å². The largest absolute Gasteiger partial charge is 0.406 e. The van der Waals surface area contributed by atoms with Crippen molar-refractivity contribution in [3.8, 4) is 0 Å². The van der Waals surface area contributed by atoms with Crippen LogP contribution in [0, 0.1) is 0 Å². The standard InChI is InChI=1S/C13H15ClF3NOS/c14-5-6-18(8-13(15,16)17)12(19)11-7-9-3-1-2-4-10(9)20-11/h7H,1-6,8H2. The first-order valence-corrected chi connectivity index (χ1v) is 7.79. The maximum Gasteiger partial charge on any atom is 0.406 e. The number of carbonyl (C=O) groups excluding carboxylic acids is 1. The van der Waals surface area contributed by atoms with Crippen molar-refractivity contribution in [2.24, 2.45) is 0 Å². The lowest BCUT2D eigenvalue weighted by atomic mass is 9.99. The molecule has 0 aromatic carbocycles. The van der Waals surface area contributed by atoms with Gasteiger partial charge in [0, 0.05) is 17.3 Å². The van der Waals surface area contributed by atoms with Gasteiger partial charge in [-0.05, 0) is 37.3 Å². The Balaban J connectivity index is 2.16. The lowest BCUT2D eigenvalue weighted by molar-refractivity contribution is -0.140. The summed E-state index contributed by atoms with van der Waals surface area (Å²) >= 11 is 6.82. The molecule has 1 amide bonds. The molecule has 0 bridgehead atoms. The minimum absolute atomic E-state index is 0.00703. The van der Waals surface area contributed by atoms with Crippen LogP contribution in [0.25, 0.3) is 0 Å². The quantitative estimate of drug-likeness (QED) is 0.770. The number of alkyl halides is 4. The van der Waals surface area contributed by atoms with Crippen LogP contribution in [0.15, 0.2) is 6.07 Å². The smallest absolute Gasteiger partial charge is 0.328 e. The lowest BCUT2D eigenvalue weighted by Gasteiger charge is -2.22. The molecule has 2 rings (SSSR count). The molecule has 2 nitrogen and oxygen atoms in total. The number of amides is 1. The molecule has 0 saturated carbocycles. The highest BCUT2D eigenvalue weighted by atomic mass is 35.5. The summed E-state index contributed by atoms with van der Waals surface area (Å²) in [5, 5.41) is 0. The second-order valence-electron chi connectivity index (χ2n) is 4.80. The highest BCUT2D eigenvalue weighted by Crippen LogP contribution is 2.30. The SMILES string of the molecule is O=C(c1cc2c(s1)CCCC2)N(CCCl)CC(F)(F)F. The van der Waals surface area contributed by atoms with Crippen molar-refractivity contribution in [3.63, 3.8) is 0 Å². The Labute approximate surface area is 124 Å². The first kappa shape index (κ1) is 15.6. The van der Waals surface area contributed by atoms with Gasteiger partial charge in [0.05, 0.1) is 4.88 Å². The summed E-state index contributed by atoms with van der Waals surface area (Å²) in [6, 6.07) is 1.75. The van der Waals surface area contributed by atoms with E-state index in [-0.39, 0.29) is 12.4 Å². The third-order valence-electron chi connectivity index (χ3n) is 3.22. The molecule has 1 aliphatic rings. The lowest BCUT2D eigenvalue weighted by Crippen LogP contribution is -2.39. The third kappa shape index (κ3) is 3.88. The summed E-state index contributed by atoms with van der Waals surface area (Å²) < 4.78 is 37.5. The van der Waals surface area contributed by atoms with Gasteiger partial charge in [0.15, 0.2) is 0 Å². The molecular weight excluding hydrogens is 311 g/mol. The van der Waals surface area contributed by atoms with E-state index in [1.54, 1.807) is 6.07 Å². The first-order chi connectivity index (χ1) is 9.40. The molecule has 0 unspecified atom stereocenters. The molecule has 20 heavy (non-hydrogen) atoms. The highest BCUT2D eigenvalue weighted by Gasteiger charge is 2.33. The van der Waals surface area contributed by atoms with Gasteiger partial charge in [0.25, 0.3) is 5.91 Å². The summed E-state index contributed by atoms with van der Waals surface area (Å²) in [4.78, 5) is 14.5. The van der Waals surface area contributed by atoms with Crippen LogP contribution < -0.4 is 0 Å². The molecule has 0 atom stereocenters. The number of fused-ring (bicyclic) bond motifs is 1. The van der Waals surface area contributed by atoms with Gasteiger partial charge in [-0.2, -0.15) is 13.2 Å². The van der Waals surface area contributed by atoms with Crippen molar-refractivity contribution < 1.29 is 18.0 Å². The fraction of sp³-hybridized carbons (Fsp3) is 0.615. The zero-order valence-corrected chi connectivity index (χ0v) is 12.4. The van der Waals surface area contributed by atoms with Crippen molar-refractivity contribution >= 4 is 28.8 Å². The number of nitrogens with zero attached hydrogens (tertiary/aromatic N) is 1. The van der Waals surface area contributed by atoms with Gasteiger partial charge >= 0.3 is 6.18 Å². The molecule has 1 aliphatic carbocycles. The molecule has 7 heteroatoms. The molecular formula is C13H15ClF3NOS. The Kier molecular flexibility index (Phi) is 4.96. The van der Waals surface area contributed by atoms with E-state index in [0.717, 1.165) is 41.0 Å². The molecule has 0 N–H and O–H groups in total. The van der Waals surface area contributed by atoms with Crippen molar-refractivity contribution in [2.75, 3.05) is 19.0 Å². The minimum atomic E-state index is -4.40. The molecule has 0 saturated heterocycles. The molecule has 0 aliphatic heterocycles. The Morgan fingerprint density at radius 3 is 2.65 bits per heavy atom. The van der Waals surface area contributed by atoms with Gasteiger partial charge < -0.3 is 4.90 Å². The van der Waals surface area contributed by atoms with Crippen LogP contribution in [-0.2, 0) is 12.8 Å². The van der Waals surface area contributed by atoms with E-state index in [1.165, 1.54) is 11.3 Å². The van der Waals surface area contributed by atoms with Gasteiger partial charge in [-0.1, -0.05) is 0 Å². The number of hydrogen-bond donors (Lipinski definition) is 0. The summed E-state index contributed by atoms with van der Waals surface area (Å²) in [6.07, 6.45) is -0.422. The van der Waals surface area contributed by atoms with E-state index in [2.05, 4.69) is 0 Å². The third-order valence-corrected chi connectivity index (χ3v) is 4.61. The number of aryl methyl sites for hydroxylation is 2. The van der Waals surface area contributed by atoms with Gasteiger partial charge in [-0.25, -0.2) is 0 Å². The van der Waals surface area contributed by atoms with E-state index < -0.39 is 18.6 Å². The van der Waals surface area contributed by atoms with Crippen molar-refractivity contribution in [2.45, 2.75) is 31.9 Å². The van der Waals surface area contributed by atoms with E-state index in [0.29, 0.717) is 4.88 Å². The zero-order chi connectivity index (χ0) is 14.8. The Hall–Kier alpha value is -0.750. The molecule has 112 valence electrons. The maximum absolute atomic E-state index is 12.5. The molecule has 0 spiro atoms. The molecule has 1 aromatic heterocycles.